The minimum atomic E-state index is -0.337. The molecule has 1 heterocycles. The van der Waals surface area contributed by atoms with E-state index < -0.39 is 0 Å². The predicted molar refractivity (Wildman–Crippen MR) is 74.9 cm³/mol. The molecule has 2 atom stereocenters. The van der Waals surface area contributed by atoms with Crippen LogP contribution in [-0.2, 0) is 26.3 Å². The summed E-state index contributed by atoms with van der Waals surface area (Å²) in [6, 6.07) is 10.4. The van der Waals surface area contributed by atoms with E-state index in [0.29, 0.717) is 0 Å². The standard InChI is InChI=1S/C16H20N2O/c1-3-13-10-14(18(2)17-13)9-12-8-11-6-4-5-7-15(11)16(12)19/h4-7,10,12,16,19H,3,8-9H2,1-2H3. The Balaban J connectivity index is 1.80. The maximum atomic E-state index is 10.4. The summed E-state index contributed by atoms with van der Waals surface area (Å²) in [5, 5.41) is 14.9. The Labute approximate surface area is 113 Å². The molecule has 19 heavy (non-hydrogen) atoms. The summed E-state index contributed by atoms with van der Waals surface area (Å²) in [6.45, 7) is 2.12. The smallest absolute Gasteiger partial charge is 0.0827 e. The van der Waals surface area contributed by atoms with E-state index in [1.54, 1.807) is 0 Å². The molecule has 0 saturated carbocycles. The first-order valence-electron chi connectivity index (χ1n) is 6.96. The average Bonchev–Trinajstić information content (AvgIpc) is 2.93. The third kappa shape index (κ3) is 2.19. The van der Waals surface area contributed by atoms with Crippen LogP contribution in [0, 0.1) is 5.92 Å². The van der Waals surface area contributed by atoms with Crippen LogP contribution in [0.3, 0.4) is 0 Å². The Morgan fingerprint density at radius 2 is 2.16 bits per heavy atom. The number of benzene rings is 1. The lowest BCUT2D eigenvalue weighted by atomic mass is 9.97. The maximum Gasteiger partial charge on any atom is 0.0827 e. The Kier molecular flexibility index (Phi) is 3.15. The Morgan fingerprint density at radius 1 is 1.37 bits per heavy atom. The SMILES string of the molecule is CCc1cc(CC2Cc3ccccc3C2O)n(C)n1. The highest BCUT2D eigenvalue weighted by Gasteiger charge is 2.31. The molecule has 1 aromatic heterocycles. The molecule has 0 amide bonds. The molecule has 0 radical (unpaired) electrons. The van der Waals surface area contributed by atoms with E-state index in [0.717, 1.165) is 30.5 Å². The van der Waals surface area contributed by atoms with Gasteiger partial charge in [-0.15, -0.1) is 0 Å². The highest BCUT2D eigenvalue weighted by Crippen LogP contribution is 2.37. The van der Waals surface area contributed by atoms with Gasteiger partial charge in [0.05, 0.1) is 11.8 Å². The monoisotopic (exact) mass is 256 g/mol. The molecule has 2 unspecified atom stereocenters. The van der Waals surface area contributed by atoms with Gasteiger partial charge in [-0.25, -0.2) is 0 Å². The van der Waals surface area contributed by atoms with Gasteiger partial charge in [-0.05, 0) is 42.4 Å². The molecular weight excluding hydrogens is 236 g/mol. The second-order valence-electron chi connectivity index (χ2n) is 5.42. The van der Waals surface area contributed by atoms with Gasteiger partial charge >= 0.3 is 0 Å². The summed E-state index contributed by atoms with van der Waals surface area (Å²) in [5.74, 6) is 0.275. The van der Waals surface area contributed by atoms with Gasteiger partial charge in [0.1, 0.15) is 0 Å². The average molecular weight is 256 g/mol. The van der Waals surface area contributed by atoms with Gasteiger partial charge in [0.15, 0.2) is 0 Å². The number of aromatic nitrogens is 2. The first-order valence-corrected chi connectivity index (χ1v) is 6.96. The molecule has 1 aromatic carbocycles. The molecule has 3 rings (SSSR count). The van der Waals surface area contributed by atoms with Crippen molar-refractivity contribution in [1.29, 1.82) is 0 Å². The lowest BCUT2D eigenvalue weighted by Gasteiger charge is -2.14. The van der Waals surface area contributed by atoms with Gasteiger partial charge in [-0.1, -0.05) is 31.2 Å². The van der Waals surface area contributed by atoms with E-state index in [9.17, 15) is 5.11 Å². The van der Waals surface area contributed by atoms with Crippen LogP contribution < -0.4 is 0 Å². The van der Waals surface area contributed by atoms with Crippen molar-refractivity contribution in [1.82, 2.24) is 9.78 Å². The quantitative estimate of drug-likeness (QED) is 0.916. The molecule has 1 aliphatic rings. The molecule has 1 N–H and O–H groups in total. The van der Waals surface area contributed by atoms with Crippen LogP contribution in [-0.4, -0.2) is 14.9 Å². The fourth-order valence-corrected chi connectivity index (χ4v) is 3.04. The Morgan fingerprint density at radius 3 is 2.84 bits per heavy atom. The summed E-state index contributed by atoms with van der Waals surface area (Å²) in [4.78, 5) is 0. The van der Waals surface area contributed by atoms with Crippen molar-refractivity contribution in [2.24, 2.45) is 13.0 Å². The molecule has 0 aliphatic heterocycles. The van der Waals surface area contributed by atoms with Crippen molar-refractivity contribution in [2.75, 3.05) is 0 Å². The van der Waals surface area contributed by atoms with Crippen molar-refractivity contribution in [3.8, 4) is 0 Å². The summed E-state index contributed by atoms with van der Waals surface area (Å²) < 4.78 is 1.95. The molecule has 2 aromatic rings. The number of aryl methyl sites for hydroxylation is 2. The topological polar surface area (TPSA) is 38.0 Å². The molecule has 100 valence electrons. The molecule has 3 heteroatoms. The fraction of sp³-hybridized carbons (Fsp3) is 0.438. The number of nitrogens with zero attached hydrogens (tertiary/aromatic N) is 2. The normalized spacial score (nSPS) is 21.6. The highest BCUT2D eigenvalue weighted by atomic mass is 16.3. The van der Waals surface area contributed by atoms with Crippen molar-refractivity contribution < 1.29 is 5.11 Å². The van der Waals surface area contributed by atoms with Gasteiger partial charge in [0.25, 0.3) is 0 Å². The Hall–Kier alpha value is -1.61. The highest BCUT2D eigenvalue weighted by molar-refractivity contribution is 5.35. The maximum absolute atomic E-state index is 10.4. The number of hydrogen-bond acceptors (Lipinski definition) is 2. The van der Waals surface area contributed by atoms with E-state index in [1.165, 1.54) is 11.3 Å². The zero-order valence-corrected chi connectivity index (χ0v) is 11.5. The van der Waals surface area contributed by atoms with Crippen LogP contribution >= 0.6 is 0 Å². The minimum Gasteiger partial charge on any atom is -0.388 e. The molecular formula is C16H20N2O. The first kappa shape index (κ1) is 12.4. The summed E-state index contributed by atoms with van der Waals surface area (Å²) in [7, 11) is 1.99. The van der Waals surface area contributed by atoms with Gasteiger partial charge < -0.3 is 5.11 Å². The zero-order chi connectivity index (χ0) is 13.4. The van der Waals surface area contributed by atoms with Crippen LogP contribution in [0.15, 0.2) is 30.3 Å². The second kappa shape index (κ2) is 4.82. The van der Waals surface area contributed by atoms with Crippen molar-refractivity contribution in [3.05, 3.63) is 52.8 Å². The molecule has 0 saturated heterocycles. The van der Waals surface area contributed by atoms with Crippen LogP contribution in [0.2, 0.25) is 0 Å². The fourth-order valence-electron chi connectivity index (χ4n) is 3.04. The third-order valence-corrected chi connectivity index (χ3v) is 4.16. The van der Waals surface area contributed by atoms with Crippen molar-refractivity contribution in [3.63, 3.8) is 0 Å². The lowest BCUT2D eigenvalue weighted by molar-refractivity contribution is 0.122. The van der Waals surface area contributed by atoms with E-state index in [2.05, 4.69) is 24.2 Å². The Bertz CT molecular complexity index is 588. The molecule has 3 nitrogen and oxygen atoms in total. The minimum absolute atomic E-state index is 0.275. The molecule has 1 aliphatic carbocycles. The third-order valence-electron chi connectivity index (χ3n) is 4.16. The van der Waals surface area contributed by atoms with Crippen molar-refractivity contribution in [2.45, 2.75) is 32.3 Å². The number of aliphatic hydroxyl groups is 1. The van der Waals surface area contributed by atoms with Gasteiger partial charge in [0, 0.05) is 12.7 Å². The van der Waals surface area contributed by atoms with Crippen LogP contribution in [0.4, 0.5) is 0 Å². The van der Waals surface area contributed by atoms with E-state index in [4.69, 9.17) is 0 Å². The molecule has 0 spiro atoms. The first-order chi connectivity index (χ1) is 9.19. The predicted octanol–water partition coefficient (Wildman–Crippen LogP) is 2.43. The molecule has 0 bridgehead atoms. The number of rotatable bonds is 3. The molecule has 0 fully saturated rings. The largest absolute Gasteiger partial charge is 0.388 e. The van der Waals surface area contributed by atoms with Gasteiger partial charge in [0.2, 0.25) is 0 Å². The van der Waals surface area contributed by atoms with E-state index >= 15 is 0 Å². The number of aliphatic hydroxyl groups excluding tert-OH is 1. The summed E-state index contributed by atoms with van der Waals surface area (Å²) >= 11 is 0. The lowest BCUT2D eigenvalue weighted by Crippen LogP contribution is -2.13. The summed E-state index contributed by atoms with van der Waals surface area (Å²) in [5.41, 5.74) is 4.74. The second-order valence-corrected chi connectivity index (χ2v) is 5.42. The summed E-state index contributed by atoms with van der Waals surface area (Å²) in [6.07, 6.45) is 2.47. The van der Waals surface area contributed by atoms with Crippen LogP contribution in [0.25, 0.3) is 0 Å². The van der Waals surface area contributed by atoms with Gasteiger partial charge in [-0.2, -0.15) is 5.10 Å². The van der Waals surface area contributed by atoms with E-state index in [-0.39, 0.29) is 12.0 Å². The zero-order valence-electron chi connectivity index (χ0n) is 11.5. The van der Waals surface area contributed by atoms with Crippen LogP contribution in [0.1, 0.15) is 35.5 Å². The van der Waals surface area contributed by atoms with E-state index in [1.807, 2.05) is 29.9 Å². The van der Waals surface area contributed by atoms with Crippen molar-refractivity contribution >= 4 is 0 Å². The number of hydrogen-bond donors (Lipinski definition) is 1. The number of fused-ring (bicyclic) bond motifs is 1. The van der Waals surface area contributed by atoms with Crippen LogP contribution in [0.5, 0.6) is 0 Å². The van der Waals surface area contributed by atoms with Gasteiger partial charge in [-0.3, -0.25) is 4.68 Å².